The lowest BCUT2D eigenvalue weighted by molar-refractivity contribution is 0.414. The molecule has 0 amide bonds. The molecule has 0 heterocycles. The van der Waals surface area contributed by atoms with Crippen LogP contribution in [0.4, 0.5) is 0 Å². The van der Waals surface area contributed by atoms with Crippen molar-refractivity contribution in [1.82, 2.24) is 0 Å². The van der Waals surface area contributed by atoms with Crippen molar-refractivity contribution in [2.45, 2.75) is 12.3 Å². The lowest BCUT2D eigenvalue weighted by Crippen LogP contribution is -1.96. The molecule has 0 saturated carbocycles. The second kappa shape index (κ2) is 6.04. The number of hydrogen-bond acceptors (Lipinski definition) is 1. The van der Waals surface area contributed by atoms with E-state index in [2.05, 4.69) is 0 Å². The second-order valence-electron chi connectivity index (χ2n) is 4.26. The fourth-order valence-electron chi connectivity index (χ4n) is 1.79. The van der Waals surface area contributed by atoms with E-state index in [1.165, 1.54) is 0 Å². The summed E-state index contributed by atoms with van der Waals surface area (Å²) in [6, 6.07) is 11.2. The monoisotopic (exact) mass is 314 g/mol. The maximum atomic E-state index is 6.47. The number of methoxy groups -OCH3 is 1. The molecule has 0 saturated heterocycles. The Morgan fingerprint density at radius 3 is 2.32 bits per heavy atom. The Morgan fingerprint density at radius 2 is 1.74 bits per heavy atom. The molecule has 0 spiro atoms. The highest BCUT2D eigenvalue weighted by Crippen LogP contribution is 2.36. The first kappa shape index (κ1) is 14.5. The summed E-state index contributed by atoms with van der Waals surface area (Å²) in [5.41, 5.74) is 2.78. The van der Waals surface area contributed by atoms with Gasteiger partial charge >= 0.3 is 0 Å². The van der Waals surface area contributed by atoms with Crippen LogP contribution in [-0.2, 0) is 0 Å². The van der Waals surface area contributed by atoms with Gasteiger partial charge in [-0.15, -0.1) is 11.6 Å². The zero-order chi connectivity index (χ0) is 14.0. The topological polar surface area (TPSA) is 9.23 Å². The Labute approximate surface area is 128 Å². The quantitative estimate of drug-likeness (QED) is 0.666. The van der Waals surface area contributed by atoms with Crippen LogP contribution in [0.3, 0.4) is 0 Å². The van der Waals surface area contributed by atoms with Crippen molar-refractivity contribution in [2.75, 3.05) is 7.11 Å². The lowest BCUT2D eigenvalue weighted by atomic mass is 10.0. The second-order valence-corrected chi connectivity index (χ2v) is 5.51. The van der Waals surface area contributed by atoms with Crippen LogP contribution in [0.25, 0.3) is 0 Å². The van der Waals surface area contributed by atoms with Crippen LogP contribution >= 0.6 is 34.8 Å². The average molecular weight is 316 g/mol. The van der Waals surface area contributed by atoms with Gasteiger partial charge in [0.1, 0.15) is 5.75 Å². The van der Waals surface area contributed by atoms with Crippen molar-refractivity contribution in [3.8, 4) is 5.75 Å². The molecule has 0 bridgehead atoms. The van der Waals surface area contributed by atoms with Gasteiger partial charge in [-0.2, -0.15) is 0 Å². The van der Waals surface area contributed by atoms with Crippen LogP contribution in [0, 0.1) is 6.92 Å². The molecule has 2 aromatic rings. The van der Waals surface area contributed by atoms with E-state index in [4.69, 9.17) is 39.5 Å². The van der Waals surface area contributed by atoms with Gasteiger partial charge in [0.25, 0.3) is 0 Å². The predicted molar refractivity (Wildman–Crippen MR) is 81.9 cm³/mol. The predicted octanol–water partition coefficient (Wildman–Crippen LogP) is 5.64. The van der Waals surface area contributed by atoms with Crippen molar-refractivity contribution in [1.29, 1.82) is 0 Å². The van der Waals surface area contributed by atoms with Crippen LogP contribution in [0.2, 0.25) is 10.0 Å². The summed E-state index contributed by atoms with van der Waals surface area (Å²) in [5, 5.41) is 0.945. The maximum Gasteiger partial charge on any atom is 0.120 e. The minimum absolute atomic E-state index is 0.337. The van der Waals surface area contributed by atoms with Gasteiger partial charge in [0.2, 0.25) is 0 Å². The molecule has 1 unspecified atom stereocenters. The number of halogens is 3. The van der Waals surface area contributed by atoms with Crippen LogP contribution in [-0.4, -0.2) is 7.11 Å². The van der Waals surface area contributed by atoms with Crippen molar-refractivity contribution >= 4 is 34.8 Å². The van der Waals surface area contributed by atoms with E-state index >= 15 is 0 Å². The molecule has 1 atom stereocenters. The van der Waals surface area contributed by atoms with E-state index in [0.29, 0.717) is 15.8 Å². The average Bonchev–Trinajstić information content (AvgIpc) is 2.41. The summed E-state index contributed by atoms with van der Waals surface area (Å²) < 4.78 is 5.12. The first-order chi connectivity index (χ1) is 9.02. The van der Waals surface area contributed by atoms with E-state index in [1.54, 1.807) is 13.2 Å². The smallest absolute Gasteiger partial charge is 0.120 e. The van der Waals surface area contributed by atoms with E-state index in [1.807, 2.05) is 37.3 Å². The molecule has 1 nitrogen and oxygen atoms in total. The van der Waals surface area contributed by atoms with Gasteiger partial charge in [0.05, 0.1) is 12.5 Å². The number of benzene rings is 2. The Hall–Kier alpha value is -0.890. The molecular formula is C15H13Cl3O. The minimum Gasteiger partial charge on any atom is -0.497 e. The normalized spacial score (nSPS) is 12.3. The zero-order valence-corrected chi connectivity index (χ0v) is 12.9. The largest absolute Gasteiger partial charge is 0.497 e. The molecule has 2 aromatic carbocycles. The molecule has 0 aliphatic heterocycles. The molecule has 19 heavy (non-hydrogen) atoms. The Bertz CT molecular complexity index is 596. The van der Waals surface area contributed by atoms with Crippen molar-refractivity contribution < 1.29 is 4.74 Å². The van der Waals surface area contributed by atoms with Gasteiger partial charge in [-0.1, -0.05) is 41.4 Å². The fourth-order valence-corrected chi connectivity index (χ4v) is 2.64. The SMILES string of the molecule is COc1ccc(C(Cl)c2ccc(C)c(Cl)c2)c(Cl)c1. The van der Waals surface area contributed by atoms with Crippen LogP contribution in [0.1, 0.15) is 22.1 Å². The Morgan fingerprint density at radius 1 is 1.00 bits per heavy atom. The third kappa shape index (κ3) is 3.17. The van der Waals surface area contributed by atoms with Gasteiger partial charge in [0, 0.05) is 10.0 Å². The molecule has 0 aliphatic carbocycles. The highest BCUT2D eigenvalue weighted by atomic mass is 35.5. The molecule has 0 fully saturated rings. The minimum atomic E-state index is -0.337. The highest BCUT2D eigenvalue weighted by Gasteiger charge is 2.15. The van der Waals surface area contributed by atoms with Gasteiger partial charge in [-0.25, -0.2) is 0 Å². The molecular weight excluding hydrogens is 303 g/mol. The molecule has 0 aliphatic rings. The van der Waals surface area contributed by atoms with E-state index in [9.17, 15) is 0 Å². The van der Waals surface area contributed by atoms with Crippen molar-refractivity contribution in [2.24, 2.45) is 0 Å². The first-order valence-electron chi connectivity index (χ1n) is 5.76. The molecule has 0 N–H and O–H groups in total. The lowest BCUT2D eigenvalue weighted by Gasteiger charge is -2.14. The summed E-state index contributed by atoms with van der Waals surface area (Å²) in [4.78, 5) is 0. The number of aryl methyl sites for hydroxylation is 1. The molecule has 0 radical (unpaired) electrons. The number of hydrogen-bond donors (Lipinski definition) is 0. The fraction of sp³-hybridized carbons (Fsp3) is 0.200. The van der Waals surface area contributed by atoms with Gasteiger partial charge in [0.15, 0.2) is 0 Å². The summed E-state index contributed by atoms with van der Waals surface area (Å²) in [5.74, 6) is 0.708. The van der Waals surface area contributed by atoms with Gasteiger partial charge in [-0.05, 0) is 41.8 Å². The summed E-state index contributed by atoms with van der Waals surface area (Å²) in [7, 11) is 1.60. The van der Waals surface area contributed by atoms with E-state index in [0.717, 1.165) is 16.7 Å². The first-order valence-corrected chi connectivity index (χ1v) is 6.95. The summed E-state index contributed by atoms with van der Waals surface area (Å²) in [6.45, 7) is 1.95. The standard InChI is InChI=1S/C15H13Cl3O/c1-9-3-4-10(7-13(9)16)15(18)12-6-5-11(19-2)8-14(12)17/h3-8,15H,1-2H3. The van der Waals surface area contributed by atoms with E-state index in [-0.39, 0.29) is 5.38 Å². The number of alkyl halides is 1. The summed E-state index contributed by atoms with van der Waals surface area (Å²) in [6.07, 6.45) is 0. The highest BCUT2D eigenvalue weighted by molar-refractivity contribution is 6.33. The Balaban J connectivity index is 2.38. The maximum absolute atomic E-state index is 6.47. The van der Waals surface area contributed by atoms with Crippen LogP contribution in [0.15, 0.2) is 36.4 Å². The summed E-state index contributed by atoms with van der Waals surface area (Å²) >= 11 is 18.8. The third-order valence-corrected chi connectivity index (χ3v) is 4.19. The van der Waals surface area contributed by atoms with Gasteiger partial charge < -0.3 is 4.74 Å². The molecule has 0 aromatic heterocycles. The zero-order valence-electron chi connectivity index (χ0n) is 10.6. The van der Waals surface area contributed by atoms with Gasteiger partial charge in [-0.3, -0.25) is 0 Å². The Kier molecular flexibility index (Phi) is 4.62. The van der Waals surface area contributed by atoms with Crippen LogP contribution < -0.4 is 4.74 Å². The van der Waals surface area contributed by atoms with Crippen LogP contribution in [0.5, 0.6) is 5.75 Å². The number of ether oxygens (including phenoxy) is 1. The van der Waals surface area contributed by atoms with E-state index < -0.39 is 0 Å². The molecule has 100 valence electrons. The molecule has 4 heteroatoms. The van der Waals surface area contributed by atoms with Crippen molar-refractivity contribution in [3.05, 3.63) is 63.1 Å². The van der Waals surface area contributed by atoms with Crippen molar-refractivity contribution in [3.63, 3.8) is 0 Å². The third-order valence-electron chi connectivity index (χ3n) is 2.97. The number of rotatable bonds is 3. The molecule has 2 rings (SSSR count).